The first-order valence-electron chi connectivity index (χ1n) is 5.73. The van der Waals surface area contributed by atoms with Gasteiger partial charge in [-0.15, -0.1) is 0 Å². The van der Waals surface area contributed by atoms with Crippen LogP contribution < -0.4 is 0 Å². The number of ether oxygens (including phenoxy) is 1. The molecule has 0 aromatic heterocycles. The molecule has 1 unspecified atom stereocenters. The number of benzene rings is 1. The van der Waals surface area contributed by atoms with Gasteiger partial charge in [-0.25, -0.2) is 9.59 Å². The summed E-state index contributed by atoms with van der Waals surface area (Å²) in [5.41, 5.74) is 0.376. The Hall–Kier alpha value is -1.88. The van der Waals surface area contributed by atoms with E-state index in [2.05, 4.69) is 0 Å². The summed E-state index contributed by atoms with van der Waals surface area (Å²) in [5.74, 6) is -1.62. The summed E-state index contributed by atoms with van der Waals surface area (Å²) in [6, 6.07) is 5.44. The summed E-state index contributed by atoms with van der Waals surface area (Å²) in [6.07, 6.45) is 0.731. The molecule has 1 aromatic carbocycles. The molecule has 2 N–H and O–H groups in total. The van der Waals surface area contributed by atoms with Crippen LogP contribution in [0.5, 0.6) is 0 Å². The molecule has 0 amide bonds. The van der Waals surface area contributed by atoms with Crippen LogP contribution in [0.25, 0.3) is 0 Å². The van der Waals surface area contributed by atoms with Crippen LogP contribution in [-0.2, 0) is 4.74 Å². The molecular weight excluding hydrogens is 236 g/mol. The minimum absolute atomic E-state index is 0.0483. The van der Waals surface area contributed by atoms with E-state index in [1.54, 1.807) is 0 Å². The first-order valence-corrected chi connectivity index (χ1v) is 5.73. The zero-order valence-corrected chi connectivity index (χ0v) is 10.1. The SMILES string of the molecule is CCCC(O)COC(=O)c1ccc(C(=O)O)cc1. The zero-order valence-electron chi connectivity index (χ0n) is 10.1. The largest absolute Gasteiger partial charge is 0.478 e. The van der Waals surface area contributed by atoms with Gasteiger partial charge in [0.1, 0.15) is 6.61 Å². The zero-order chi connectivity index (χ0) is 13.5. The van der Waals surface area contributed by atoms with Crippen molar-refractivity contribution in [3.05, 3.63) is 35.4 Å². The highest BCUT2D eigenvalue weighted by molar-refractivity contribution is 5.92. The number of aliphatic hydroxyl groups is 1. The molecule has 98 valence electrons. The lowest BCUT2D eigenvalue weighted by molar-refractivity contribution is 0.0237. The summed E-state index contributed by atoms with van der Waals surface area (Å²) in [4.78, 5) is 22.2. The molecule has 5 nitrogen and oxygen atoms in total. The van der Waals surface area contributed by atoms with Gasteiger partial charge < -0.3 is 14.9 Å². The Kier molecular flexibility index (Phi) is 5.32. The van der Waals surface area contributed by atoms with Crippen LogP contribution in [0.4, 0.5) is 0 Å². The quantitative estimate of drug-likeness (QED) is 0.753. The van der Waals surface area contributed by atoms with Crippen LogP contribution in [0.1, 0.15) is 40.5 Å². The fourth-order valence-electron chi connectivity index (χ4n) is 1.42. The summed E-state index contributed by atoms with van der Waals surface area (Å²) in [6.45, 7) is 1.88. The van der Waals surface area contributed by atoms with Crippen LogP contribution in [-0.4, -0.2) is 34.9 Å². The molecule has 0 heterocycles. The molecule has 1 rings (SSSR count). The van der Waals surface area contributed by atoms with E-state index in [1.165, 1.54) is 24.3 Å². The minimum atomic E-state index is -1.05. The van der Waals surface area contributed by atoms with E-state index in [-0.39, 0.29) is 17.7 Å². The molecule has 0 saturated heterocycles. The lowest BCUT2D eigenvalue weighted by atomic mass is 10.1. The second-order valence-electron chi connectivity index (χ2n) is 3.92. The molecule has 0 aliphatic carbocycles. The molecular formula is C13H16O5. The minimum Gasteiger partial charge on any atom is -0.478 e. The predicted octanol–water partition coefficient (Wildman–Crippen LogP) is 1.70. The van der Waals surface area contributed by atoms with Crippen LogP contribution >= 0.6 is 0 Å². The van der Waals surface area contributed by atoms with Gasteiger partial charge in [-0.3, -0.25) is 0 Å². The third-order valence-electron chi connectivity index (χ3n) is 2.40. The van der Waals surface area contributed by atoms with Crippen molar-refractivity contribution in [2.45, 2.75) is 25.9 Å². The third kappa shape index (κ3) is 4.18. The average Bonchev–Trinajstić information content (AvgIpc) is 2.36. The first-order chi connectivity index (χ1) is 8.54. The van der Waals surface area contributed by atoms with Crippen molar-refractivity contribution in [3.63, 3.8) is 0 Å². The molecule has 0 bridgehead atoms. The number of carbonyl (C=O) groups is 2. The van der Waals surface area contributed by atoms with Gasteiger partial charge in [-0.2, -0.15) is 0 Å². The number of aliphatic hydroxyl groups excluding tert-OH is 1. The lowest BCUT2D eigenvalue weighted by Crippen LogP contribution is -2.18. The Bertz CT molecular complexity index is 410. The smallest absolute Gasteiger partial charge is 0.338 e. The van der Waals surface area contributed by atoms with Gasteiger partial charge in [0.15, 0.2) is 0 Å². The van der Waals surface area contributed by atoms with Gasteiger partial charge in [0.25, 0.3) is 0 Å². The van der Waals surface area contributed by atoms with E-state index in [0.717, 1.165) is 6.42 Å². The fraction of sp³-hybridized carbons (Fsp3) is 0.385. The fourth-order valence-corrected chi connectivity index (χ4v) is 1.42. The van der Waals surface area contributed by atoms with Gasteiger partial charge in [-0.05, 0) is 30.7 Å². The molecule has 0 saturated carbocycles. The Morgan fingerprint density at radius 3 is 2.28 bits per heavy atom. The van der Waals surface area contributed by atoms with Crippen molar-refractivity contribution in [2.24, 2.45) is 0 Å². The number of carboxylic acid groups (broad SMARTS) is 1. The molecule has 1 atom stereocenters. The molecule has 0 fully saturated rings. The van der Waals surface area contributed by atoms with Crippen molar-refractivity contribution >= 4 is 11.9 Å². The van der Waals surface area contributed by atoms with Gasteiger partial charge in [-0.1, -0.05) is 13.3 Å². The normalized spacial score (nSPS) is 11.9. The second-order valence-corrected chi connectivity index (χ2v) is 3.92. The van der Waals surface area contributed by atoms with Crippen molar-refractivity contribution < 1.29 is 24.5 Å². The van der Waals surface area contributed by atoms with E-state index in [0.29, 0.717) is 6.42 Å². The summed E-state index contributed by atoms with van der Waals surface area (Å²) >= 11 is 0. The number of carbonyl (C=O) groups excluding carboxylic acids is 1. The number of esters is 1. The average molecular weight is 252 g/mol. The highest BCUT2D eigenvalue weighted by Crippen LogP contribution is 2.07. The molecule has 18 heavy (non-hydrogen) atoms. The van der Waals surface area contributed by atoms with E-state index >= 15 is 0 Å². The van der Waals surface area contributed by atoms with Crippen LogP contribution in [0.15, 0.2) is 24.3 Å². The highest BCUT2D eigenvalue weighted by atomic mass is 16.5. The Morgan fingerprint density at radius 2 is 1.78 bits per heavy atom. The number of aromatic carboxylic acids is 1. The number of hydrogen-bond acceptors (Lipinski definition) is 4. The maximum atomic E-state index is 11.6. The molecule has 0 aliphatic rings. The number of hydrogen-bond donors (Lipinski definition) is 2. The van der Waals surface area contributed by atoms with Crippen molar-refractivity contribution in [2.75, 3.05) is 6.61 Å². The molecule has 0 aliphatic heterocycles. The van der Waals surface area contributed by atoms with Gasteiger partial charge >= 0.3 is 11.9 Å². The van der Waals surface area contributed by atoms with Crippen molar-refractivity contribution in [3.8, 4) is 0 Å². The van der Waals surface area contributed by atoms with Crippen molar-refractivity contribution in [1.29, 1.82) is 0 Å². The second kappa shape index (κ2) is 6.76. The summed E-state index contributed by atoms with van der Waals surface area (Å²) in [5, 5.41) is 18.1. The van der Waals surface area contributed by atoms with E-state index in [1.807, 2.05) is 6.92 Å². The maximum Gasteiger partial charge on any atom is 0.338 e. The predicted molar refractivity (Wildman–Crippen MR) is 64.6 cm³/mol. The summed E-state index contributed by atoms with van der Waals surface area (Å²) in [7, 11) is 0. The molecule has 1 aromatic rings. The lowest BCUT2D eigenvalue weighted by Gasteiger charge is -2.10. The third-order valence-corrected chi connectivity index (χ3v) is 2.40. The highest BCUT2D eigenvalue weighted by Gasteiger charge is 2.11. The summed E-state index contributed by atoms with van der Waals surface area (Å²) < 4.78 is 4.91. The van der Waals surface area contributed by atoms with Gasteiger partial charge in [0.05, 0.1) is 17.2 Å². The Balaban J connectivity index is 2.54. The monoisotopic (exact) mass is 252 g/mol. The first kappa shape index (κ1) is 14.2. The molecule has 0 radical (unpaired) electrons. The molecule has 0 spiro atoms. The van der Waals surface area contributed by atoms with Crippen LogP contribution in [0.2, 0.25) is 0 Å². The van der Waals surface area contributed by atoms with Crippen molar-refractivity contribution in [1.82, 2.24) is 0 Å². The standard InChI is InChI=1S/C13H16O5/c1-2-3-11(14)8-18-13(17)10-6-4-9(5-7-10)12(15)16/h4-7,11,14H,2-3,8H2,1H3,(H,15,16). The van der Waals surface area contributed by atoms with Gasteiger partial charge in [0, 0.05) is 0 Å². The Labute approximate surface area is 105 Å². The van der Waals surface area contributed by atoms with E-state index in [9.17, 15) is 14.7 Å². The van der Waals surface area contributed by atoms with E-state index < -0.39 is 18.0 Å². The van der Waals surface area contributed by atoms with Gasteiger partial charge in [0.2, 0.25) is 0 Å². The Morgan fingerprint density at radius 1 is 1.22 bits per heavy atom. The van der Waals surface area contributed by atoms with Crippen LogP contribution in [0, 0.1) is 0 Å². The number of carboxylic acids is 1. The maximum absolute atomic E-state index is 11.6. The van der Waals surface area contributed by atoms with Crippen LogP contribution in [0.3, 0.4) is 0 Å². The number of rotatable bonds is 6. The van der Waals surface area contributed by atoms with E-state index in [4.69, 9.17) is 9.84 Å². The topological polar surface area (TPSA) is 83.8 Å². The molecule has 5 heteroatoms.